The maximum atomic E-state index is 13.1. The fourth-order valence-electron chi connectivity index (χ4n) is 4.04. The minimum Gasteiger partial charge on any atom is -0.490 e. The molecule has 0 bridgehead atoms. The summed E-state index contributed by atoms with van der Waals surface area (Å²) in [6, 6.07) is 6.48. The summed E-state index contributed by atoms with van der Waals surface area (Å²) in [5.74, 6) is 0.330. The molecule has 2 aliphatic heterocycles. The molecule has 3 rings (SSSR count). The van der Waals surface area contributed by atoms with Gasteiger partial charge in [-0.3, -0.25) is 9.59 Å². The Morgan fingerprint density at radius 2 is 2.05 bits per heavy atom. The first-order valence-corrected chi connectivity index (χ1v) is 12.6. The average molecular weight is 515 g/mol. The Labute approximate surface area is 218 Å². The van der Waals surface area contributed by atoms with Gasteiger partial charge in [0.25, 0.3) is 11.8 Å². The summed E-state index contributed by atoms with van der Waals surface area (Å²) < 4.78 is 22.8. The van der Waals surface area contributed by atoms with E-state index in [0.29, 0.717) is 43.4 Å². The molecule has 0 aromatic heterocycles. The number of hydrogen-bond donors (Lipinski definition) is 2. The zero-order chi connectivity index (χ0) is 27.0. The number of rotatable bonds is 12. The van der Waals surface area contributed by atoms with Crippen molar-refractivity contribution in [1.82, 2.24) is 10.2 Å². The molecule has 3 N–H and O–H groups in total. The Bertz CT molecular complexity index is 1050. The average Bonchev–Trinajstić information content (AvgIpc) is 3.37. The van der Waals surface area contributed by atoms with Gasteiger partial charge >= 0.3 is 0 Å². The molecular formula is C27H38N4O6. The number of nitrogens with one attached hydrogen (secondary N) is 1. The molecule has 2 atom stereocenters. The Morgan fingerprint density at radius 1 is 1.32 bits per heavy atom. The molecular weight excluding hydrogens is 476 g/mol. The highest BCUT2D eigenvalue weighted by Gasteiger charge is 2.35. The largest absolute Gasteiger partial charge is 0.490 e. The Morgan fingerprint density at radius 3 is 2.70 bits per heavy atom. The van der Waals surface area contributed by atoms with Crippen LogP contribution in [-0.2, 0) is 19.1 Å². The summed E-state index contributed by atoms with van der Waals surface area (Å²) in [5, 5.41) is 3.08. The minimum absolute atomic E-state index is 0.0388. The van der Waals surface area contributed by atoms with Crippen LogP contribution in [0.5, 0.6) is 11.5 Å². The van der Waals surface area contributed by atoms with Crippen molar-refractivity contribution in [2.45, 2.75) is 59.0 Å². The van der Waals surface area contributed by atoms with Crippen LogP contribution < -0.4 is 20.5 Å². The number of nitrogens with zero attached hydrogens (tertiary/aromatic N) is 2. The van der Waals surface area contributed by atoms with Crippen LogP contribution in [0.1, 0.15) is 41.0 Å². The van der Waals surface area contributed by atoms with Gasteiger partial charge < -0.3 is 34.9 Å². The predicted octanol–water partition coefficient (Wildman–Crippen LogP) is 2.74. The molecule has 0 saturated carbocycles. The lowest BCUT2D eigenvalue weighted by atomic mass is 10.0. The minimum atomic E-state index is -0.766. The van der Waals surface area contributed by atoms with Crippen molar-refractivity contribution < 1.29 is 28.5 Å². The number of para-hydroxylation sites is 2. The Hall–Kier alpha value is -3.37. The molecule has 2 aliphatic rings. The zero-order valence-electron chi connectivity index (χ0n) is 22.2. The molecule has 0 aliphatic carbocycles. The fraction of sp³-hybridized carbons (Fsp3) is 0.519. The second-order valence-electron chi connectivity index (χ2n) is 9.77. The van der Waals surface area contributed by atoms with Crippen LogP contribution in [0.3, 0.4) is 0 Å². The summed E-state index contributed by atoms with van der Waals surface area (Å²) in [4.78, 5) is 31.5. The van der Waals surface area contributed by atoms with E-state index in [4.69, 9.17) is 24.7 Å². The molecule has 1 aromatic carbocycles. The van der Waals surface area contributed by atoms with Crippen molar-refractivity contribution in [1.29, 1.82) is 0 Å². The summed E-state index contributed by atoms with van der Waals surface area (Å²) >= 11 is 0. The van der Waals surface area contributed by atoms with Crippen LogP contribution in [0.2, 0.25) is 0 Å². The molecule has 1 aromatic rings. The molecule has 10 nitrogen and oxygen atoms in total. The van der Waals surface area contributed by atoms with E-state index < -0.39 is 17.7 Å². The third kappa shape index (κ3) is 8.33. The third-order valence-corrected chi connectivity index (χ3v) is 5.66. The van der Waals surface area contributed by atoms with Crippen molar-refractivity contribution in [2.75, 3.05) is 26.3 Å². The highest BCUT2D eigenvalue weighted by Crippen LogP contribution is 2.30. The Balaban J connectivity index is 1.61. The molecule has 0 spiro atoms. The van der Waals surface area contributed by atoms with E-state index in [0.717, 1.165) is 0 Å². The molecule has 2 amide bonds. The van der Waals surface area contributed by atoms with Crippen LogP contribution >= 0.6 is 0 Å². The summed E-state index contributed by atoms with van der Waals surface area (Å²) in [5.41, 5.74) is 5.98. The number of hydrogen-bond acceptors (Lipinski definition) is 7. The molecule has 0 radical (unpaired) electrons. The lowest BCUT2D eigenvalue weighted by Gasteiger charge is -2.27. The van der Waals surface area contributed by atoms with Gasteiger partial charge in [-0.05, 0) is 51.3 Å². The number of ether oxygens (including phenoxy) is 4. The van der Waals surface area contributed by atoms with Crippen molar-refractivity contribution in [3.05, 3.63) is 48.4 Å². The molecule has 1 fully saturated rings. The summed E-state index contributed by atoms with van der Waals surface area (Å²) in [6.07, 6.45) is 4.88. The highest BCUT2D eigenvalue weighted by atomic mass is 16.7. The number of aliphatic imine (C=N–C) groups is 1. The number of benzene rings is 1. The lowest BCUT2D eigenvalue weighted by Crippen LogP contribution is -2.43. The number of carbonyl (C=O) groups is 2. The highest BCUT2D eigenvalue weighted by molar-refractivity contribution is 6.03. The quantitative estimate of drug-likeness (QED) is 0.322. The number of amides is 2. The second-order valence-corrected chi connectivity index (χ2v) is 9.77. The topological polar surface area (TPSA) is 125 Å². The number of nitrogens with two attached hydrogens (primary N) is 1. The van der Waals surface area contributed by atoms with Crippen molar-refractivity contribution >= 4 is 17.6 Å². The molecule has 1 saturated heterocycles. The zero-order valence-corrected chi connectivity index (χ0v) is 22.2. The molecule has 10 heteroatoms. The van der Waals surface area contributed by atoms with Crippen molar-refractivity contribution in [3.8, 4) is 11.5 Å². The standard InChI is InChI=1S/C27H38N4O6/c1-6-34-22-9-7-8-10-23(22)36-19-14-25(32)31(16-19)21(13-18(2)3)26(33)30-24(28)11-12-29-15-20-17-35-27(4,5)37-20/h7-12,14,18,20-21,29H,6,13,15-17H2,1-5H3,(H2,28,30,33)/b12-11-/t20-,21+/m1/s1. The van der Waals surface area contributed by atoms with Gasteiger partial charge in [-0.25, -0.2) is 0 Å². The summed E-state index contributed by atoms with van der Waals surface area (Å²) in [7, 11) is 0. The predicted molar refractivity (Wildman–Crippen MR) is 140 cm³/mol. The number of amidine groups is 1. The van der Waals surface area contributed by atoms with Gasteiger partial charge in [0.05, 0.1) is 19.8 Å². The van der Waals surface area contributed by atoms with Gasteiger partial charge in [0.2, 0.25) is 0 Å². The number of carbonyl (C=O) groups excluding carboxylic acids is 2. The molecule has 2 heterocycles. The van der Waals surface area contributed by atoms with Gasteiger partial charge in [0, 0.05) is 18.8 Å². The monoisotopic (exact) mass is 514 g/mol. The van der Waals surface area contributed by atoms with Crippen LogP contribution in [0.15, 0.2) is 53.4 Å². The van der Waals surface area contributed by atoms with E-state index in [1.165, 1.54) is 17.1 Å². The fourth-order valence-corrected chi connectivity index (χ4v) is 4.04. The van der Waals surface area contributed by atoms with E-state index in [-0.39, 0.29) is 30.3 Å². The summed E-state index contributed by atoms with van der Waals surface area (Å²) in [6.45, 7) is 11.2. The van der Waals surface area contributed by atoms with Crippen LogP contribution in [-0.4, -0.2) is 66.8 Å². The smallest absolute Gasteiger partial charge is 0.270 e. The molecule has 0 unspecified atom stereocenters. The van der Waals surface area contributed by atoms with Crippen LogP contribution in [0.4, 0.5) is 0 Å². The normalized spacial score (nSPS) is 20.4. The van der Waals surface area contributed by atoms with Crippen molar-refractivity contribution in [3.63, 3.8) is 0 Å². The first-order valence-electron chi connectivity index (χ1n) is 12.6. The van der Waals surface area contributed by atoms with Crippen LogP contribution in [0.25, 0.3) is 0 Å². The SMILES string of the molecule is CCOc1ccccc1OC1=CC(=O)N([C@@H](CC(C)C)C(=O)N=C(N)/C=C\NC[C@@H]2COC(C)(C)O2)C1. The van der Waals surface area contributed by atoms with Crippen molar-refractivity contribution in [2.24, 2.45) is 16.6 Å². The van der Waals surface area contributed by atoms with E-state index in [2.05, 4.69) is 10.3 Å². The third-order valence-electron chi connectivity index (χ3n) is 5.66. The van der Waals surface area contributed by atoms with E-state index in [9.17, 15) is 9.59 Å². The van der Waals surface area contributed by atoms with Crippen LogP contribution in [0, 0.1) is 5.92 Å². The maximum Gasteiger partial charge on any atom is 0.270 e. The molecule has 37 heavy (non-hydrogen) atoms. The van der Waals surface area contributed by atoms with Gasteiger partial charge in [-0.2, -0.15) is 4.99 Å². The first-order chi connectivity index (χ1) is 17.6. The van der Waals surface area contributed by atoms with Gasteiger partial charge in [-0.1, -0.05) is 26.0 Å². The van der Waals surface area contributed by atoms with Gasteiger partial charge in [-0.15, -0.1) is 0 Å². The van der Waals surface area contributed by atoms with Gasteiger partial charge in [0.1, 0.15) is 23.7 Å². The maximum absolute atomic E-state index is 13.1. The first kappa shape index (κ1) is 28.2. The second kappa shape index (κ2) is 12.7. The van der Waals surface area contributed by atoms with E-state index >= 15 is 0 Å². The van der Waals surface area contributed by atoms with E-state index in [1.807, 2.05) is 46.8 Å². The lowest BCUT2D eigenvalue weighted by molar-refractivity contribution is -0.137. The Kier molecular flexibility index (Phi) is 9.71. The molecule has 202 valence electrons. The van der Waals surface area contributed by atoms with Gasteiger partial charge in [0.15, 0.2) is 17.3 Å². The van der Waals surface area contributed by atoms with E-state index in [1.54, 1.807) is 18.3 Å².